The zero-order valence-electron chi connectivity index (χ0n) is 32.9. The van der Waals surface area contributed by atoms with E-state index in [0.717, 1.165) is 40.6 Å². The number of thiophene rings is 1. The highest BCUT2D eigenvalue weighted by Crippen LogP contribution is 2.49. The van der Waals surface area contributed by atoms with Crippen LogP contribution in [0.5, 0.6) is 11.5 Å². The maximum absolute atomic E-state index is 14.9. The molecule has 8 rings (SSSR count). The highest BCUT2D eigenvalue weighted by atomic mass is 32.2. The molecule has 0 radical (unpaired) electrons. The van der Waals surface area contributed by atoms with E-state index in [1.165, 1.54) is 16.2 Å². The number of aromatic nitrogens is 1. The summed E-state index contributed by atoms with van der Waals surface area (Å²) in [6.45, 7) is 5.54. The van der Waals surface area contributed by atoms with Crippen LogP contribution < -0.4 is 24.8 Å². The van der Waals surface area contributed by atoms with Crippen molar-refractivity contribution in [3.63, 3.8) is 0 Å². The maximum Gasteiger partial charge on any atom is 0.262 e. The van der Waals surface area contributed by atoms with Crippen molar-refractivity contribution in [3.8, 4) is 11.5 Å². The predicted molar refractivity (Wildman–Crippen MR) is 216 cm³/mol. The molecule has 5 atom stereocenters. The summed E-state index contributed by atoms with van der Waals surface area (Å²) in [6, 6.07) is 5.64. The third-order valence-electron chi connectivity index (χ3n) is 12.8. The fraction of sp³-hybridized carbons (Fsp3) is 0.548. The van der Waals surface area contributed by atoms with Gasteiger partial charge in [0.1, 0.15) is 34.7 Å². The molecule has 3 N–H and O–H groups in total. The Balaban J connectivity index is 1.16. The number of methoxy groups -OCH3 is 1. The van der Waals surface area contributed by atoms with Crippen LogP contribution in [0.25, 0.3) is 10.9 Å². The molecule has 3 aliphatic heterocycles. The van der Waals surface area contributed by atoms with Crippen LogP contribution in [0.1, 0.15) is 105 Å². The lowest BCUT2D eigenvalue weighted by Gasteiger charge is -2.37. The molecule has 1 aromatic carbocycles. The number of pyridine rings is 1. The molecule has 13 nitrogen and oxygen atoms in total. The molecule has 2 saturated carbocycles. The highest BCUT2D eigenvalue weighted by molar-refractivity contribution is 7.91. The smallest absolute Gasteiger partial charge is 0.262 e. The summed E-state index contributed by atoms with van der Waals surface area (Å²) in [5.74, 6) is -1.17. The molecule has 5 heterocycles. The predicted octanol–water partition coefficient (Wildman–Crippen LogP) is 5.03. The van der Waals surface area contributed by atoms with E-state index in [2.05, 4.69) is 15.4 Å². The van der Waals surface area contributed by atoms with Crippen molar-refractivity contribution < 1.29 is 37.1 Å². The first-order valence-corrected chi connectivity index (χ1v) is 22.5. The summed E-state index contributed by atoms with van der Waals surface area (Å²) in [5.41, 5.74) is 0.923. The van der Waals surface area contributed by atoms with Gasteiger partial charge in [-0.3, -0.25) is 23.9 Å². The zero-order chi connectivity index (χ0) is 40.3. The normalized spacial score (nSPS) is 28.2. The van der Waals surface area contributed by atoms with Gasteiger partial charge < -0.3 is 25.0 Å². The van der Waals surface area contributed by atoms with Crippen LogP contribution in [0.15, 0.2) is 41.8 Å². The number of hydrogen-bond donors (Lipinski definition) is 3. The van der Waals surface area contributed by atoms with Gasteiger partial charge in [-0.15, -0.1) is 11.3 Å². The van der Waals surface area contributed by atoms with Crippen LogP contribution in [0, 0.1) is 12.8 Å². The molecule has 15 heteroatoms. The summed E-state index contributed by atoms with van der Waals surface area (Å²) in [7, 11) is -2.37. The molecule has 3 aromatic rings. The monoisotopic (exact) mass is 817 g/mol. The number of carbonyl (C=O) groups is 4. The van der Waals surface area contributed by atoms with Crippen LogP contribution >= 0.6 is 11.3 Å². The third kappa shape index (κ3) is 7.19. The second kappa shape index (κ2) is 14.7. The molecule has 57 heavy (non-hydrogen) atoms. The first kappa shape index (κ1) is 39.3. The largest absolute Gasteiger partial charge is 0.497 e. The summed E-state index contributed by atoms with van der Waals surface area (Å²) in [4.78, 5) is 64.3. The standard InChI is InChI=1S/C42H51N5O8S2/c1-5-30-34-28(29-21-27(54-4)13-14-31(29)43-30)15-17-41(55-34)23-33-36(48)45-42(39(51)46-57(52,53)40(3)18-19-40)22-26(42)11-9-7-6-8-10-12-32(38(50)47(33)24-41)44-37(49)35-25(2)16-20-56-35/h9,11,13-14,16,20-21,26,32-33H,5-8,10,12,15,17-19,22-24H2,1-4H3,(H,44,49)(H,45,48)(H,46,51). The van der Waals surface area contributed by atoms with Gasteiger partial charge in [-0.25, -0.2) is 13.4 Å². The number of nitrogens with one attached hydrogen (secondary N) is 3. The number of hydrogen-bond acceptors (Lipinski definition) is 10. The molecule has 304 valence electrons. The molecule has 2 aromatic heterocycles. The number of fused-ring (bicyclic) bond motifs is 5. The number of ether oxygens (including phenoxy) is 2. The van der Waals surface area contributed by atoms with Gasteiger partial charge in [0.05, 0.1) is 34.5 Å². The Morgan fingerprint density at radius 1 is 1.12 bits per heavy atom. The number of carbonyl (C=O) groups excluding carboxylic acids is 4. The van der Waals surface area contributed by atoms with Crippen molar-refractivity contribution in [2.45, 2.75) is 126 Å². The summed E-state index contributed by atoms with van der Waals surface area (Å²) < 4.78 is 40.3. The van der Waals surface area contributed by atoms with E-state index in [0.29, 0.717) is 67.7 Å². The molecule has 1 spiro atoms. The average molecular weight is 818 g/mol. The topological polar surface area (TPSA) is 173 Å². The first-order valence-electron chi connectivity index (χ1n) is 20.1. The van der Waals surface area contributed by atoms with E-state index in [4.69, 9.17) is 14.5 Å². The van der Waals surface area contributed by atoms with Crippen molar-refractivity contribution in [2.75, 3.05) is 13.7 Å². The van der Waals surface area contributed by atoms with Crippen molar-refractivity contribution in [1.29, 1.82) is 0 Å². The van der Waals surface area contributed by atoms with Gasteiger partial charge in [-0.05, 0) is 107 Å². The minimum Gasteiger partial charge on any atom is -0.497 e. The minimum atomic E-state index is -3.99. The second-order valence-corrected chi connectivity index (χ2v) is 19.9. The molecule has 5 aliphatic rings. The molecule has 3 fully saturated rings. The molecule has 1 saturated heterocycles. The van der Waals surface area contributed by atoms with Crippen LogP contribution in [0.2, 0.25) is 0 Å². The SMILES string of the molecule is CCc1nc2ccc(OC)cc2c2c1OC1(CC2)CC2C(=O)NC3(C(=O)NS(=O)(=O)C4(C)CC4)CC3C=CCCCCCC(NC(=O)c3sccc3C)C(=O)N2C1. The van der Waals surface area contributed by atoms with Gasteiger partial charge >= 0.3 is 0 Å². The van der Waals surface area contributed by atoms with Crippen molar-refractivity contribution in [3.05, 3.63) is 63.5 Å². The number of nitrogens with zero attached hydrogens (tertiary/aromatic N) is 2. The number of rotatable bonds is 7. The molecule has 2 aliphatic carbocycles. The maximum atomic E-state index is 14.9. The van der Waals surface area contributed by atoms with Gasteiger partial charge in [0.2, 0.25) is 21.8 Å². The van der Waals surface area contributed by atoms with E-state index < -0.39 is 61.6 Å². The molecular formula is C42H51N5O8S2. The summed E-state index contributed by atoms with van der Waals surface area (Å²) >= 11 is 1.31. The van der Waals surface area contributed by atoms with E-state index in [-0.39, 0.29) is 25.3 Å². The second-order valence-electron chi connectivity index (χ2n) is 16.8. The molecular weight excluding hydrogens is 767 g/mol. The number of allylic oxidation sites excluding steroid dienone is 1. The van der Waals surface area contributed by atoms with Gasteiger partial charge in [-0.2, -0.15) is 0 Å². The average Bonchev–Trinajstić information content (AvgIpc) is 4.01. The van der Waals surface area contributed by atoms with E-state index >= 15 is 0 Å². The van der Waals surface area contributed by atoms with Gasteiger partial charge in [-0.1, -0.05) is 31.9 Å². The van der Waals surface area contributed by atoms with Crippen LogP contribution in [0.4, 0.5) is 0 Å². The summed E-state index contributed by atoms with van der Waals surface area (Å²) in [6.07, 6.45) is 10.2. The van der Waals surface area contributed by atoms with Crippen LogP contribution in [0.3, 0.4) is 0 Å². The lowest BCUT2D eigenvalue weighted by molar-refractivity contribution is -0.141. The van der Waals surface area contributed by atoms with Crippen molar-refractivity contribution >= 4 is 55.9 Å². The quantitative estimate of drug-likeness (QED) is 0.277. The van der Waals surface area contributed by atoms with Gasteiger partial charge in [0.25, 0.3) is 11.8 Å². The van der Waals surface area contributed by atoms with E-state index in [9.17, 15) is 27.6 Å². The zero-order valence-corrected chi connectivity index (χ0v) is 34.6. The fourth-order valence-electron chi connectivity index (χ4n) is 8.77. The molecule has 0 bridgehead atoms. The lowest BCUT2D eigenvalue weighted by atomic mass is 9.87. The van der Waals surface area contributed by atoms with Crippen molar-refractivity contribution in [2.24, 2.45) is 5.92 Å². The van der Waals surface area contributed by atoms with Gasteiger partial charge in [0, 0.05) is 23.3 Å². The summed E-state index contributed by atoms with van der Waals surface area (Å²) in [5, 5.41) is 8.75. The Hall–Kier alpha value is -4.50. The van der Waals surface area contributed by atoms with E-state index in [1.807, 2.05) is 55.6 Å². The Bertz CT molecular complexity index is 2290. The third-order valence-corrected chi connectivity index (χ3v) is 16.0. The van der Waals surface area contributed by atoms with E-state index in [1.54, 1.807) is 14.0 Å². The molecule has 4 amide bonds. The fourth-order valence-corrected chi connectivity index (χ4v) is 10.9. The minimum absolute atomic E-state index is 0.0718. The number of sulfonamides is 1. The Morgan fingerprint density at radius 2 is 1.93 bits per heavy atom. The van der Waals surface area contributed by atoms with Crippen LogP contribution in [-0.4, -0.2) is 83.6 Å². The number of benzene rings is 1. The van der Waals surface area contributed by atoms with Gasteiger partial charge in [0.15, 0.2) is 0 Å². The highest BCUT2D eigenvalue weighted by Gasteiger charge is 2.64. The lowest BCUT2D eigenvalue weighted by Crippen LogP contribution is -2.58. The Labute approximate surface area is 337 Å². The van der Waals surface area contributed by atoms with Crippen molar-refractivity contribution in [1.82, 2.24) is 25.2 Å². The Morgan fingerprint density at radius 3 is 2.65 bits per heavy atom. The number of amides is 4. The first-order chi connectivity index (χ1) is 27.2. The number of aryl methyl sites for hydroxylation is 3. The Kier molecular flexibility index (Phi) is 10.1. The molecule has 5 unspecified atom stereocenters. The van der Waals surface area contributed by atoms with Crippen LogP contribution in [-0.2, 0) is 37.2 Å².